The van der Waals surface area contributed by atoms with Crippen LogP contribution in [0.4, 0.5) is 16.2 Å². The van der Waals surface area contributed by atoms with E-state index >= 15 is 0 Å². The molecule has 1 atom stereocenters. The lowest BCUT2D eigenvalue weighted by Crippen LogP contribution is -2.36. The summed E-state index contributed by atoms with van der Waals surface area (Å²) in [5, 5.41) is 16.2. The van der Waals surface area contributed by atoms with Crippen molar-refractivity contribution >= 4 is 23.4 Å². The molecule has 0 unspecified atom stereocenters. The van der Waals surface area contributed by atoms with Gasteiger partial charge in [0.1, 0.15) is 6.10 Å². The Hall–Kier alpha value is -4.12. The van der Waals surface area contributed by atoms with Gasteiger partial charge in [-0.2, -0.15) is 0 Å². The highest BCUT2D eigenvalue weighted by atomic mass is 16.6. The first kappa shape index (κ1) is 23.6. The van der Waals surface area contributed by atoms with Gasteiger partial charge in [0.25, 0.3) is 0 Å². The second-order valence-electron chi connectivity index (χ2n) is 9.00. The zero-order chi connectivity index (χ0) is 25.1. The molecule has 3 aromatic rings. The van der Waals surface area contributed by atoms with Crippen molar-refractivity contribution in [3.8, 4) is 11.4 Å². The van der Waals surface area contributed by atoms with Crippen LogP contribution in [0.25, 0.3) is 11.4 Å². The van der Waals surface area contributed by atoms with Crippen LogP contribution in [0.15, 0.2) is 57.8 Å². The van der Waals surface area contributed by atoms with E-state index in [1.54, 1.807) is 4.90 Å². The number of carbonyl (C=O) groups excluding carboxylic acids is 1. The maximum atomic E-state index is 12.4. The zero-order valence-electron chi connectivity index (χ0n) is 19.6. The Kier molecular flexibility index (Phi) is 6.72. The molecular formula is C25H27N5O6. The minimum atomic E-state index is -0.721. The SMILES string of the molecule is O=C(O)C1CCN(c2ccc(N3C[C@@H](CNCc4ccc(-c5noc(=O)[nH]5)cc4)OC3=O)cc2)CC1. The molecule has 2 aromatic carbocycles. The van der Waals surface area contributed by atoms with E-state index < -0.39 is 11.7 Å². The Bertz CT molecular complexity index is 1260. The molecule has 2 fully saturated rings. The van der Waals surface area contributed by atoms with Crippen LogP contribution in [0.1, 0.15) is 18.4 Å². The van der Waals surface area contributed by atoms with Gasteiger partial charge in [-0.25, -0.2) is 9.59 Å². The first-order chi connectivity index (χ1) is 17.5. The number of hydrogen-bond acceptors (Lipinski definition) is 8. The van der Waals surface area contributed by atoms with Crippen LogP contribution in [0.3, 0.4) is 0 Å². The summed E-state index contributed by atoms with van der Waals surface area (Å²) in [5.74, 6) is -1.20. The quantitative estimate of drug-likeness (QED) is 0.431. The number of nitrogens with one attached hydrogen (secondary N) is 2. The van der Waals surface area contributed by atoms with Crippen molar-refractivity contribution in [2.24, 2.45) is 5.92 Å². The molecule has 36 heavy (non-hydrogen) atoms. The van der Waals surface area contributed by atoms with Crippen LogP contribution in [-0.2, 0) is 16.1 Å². The van der Waals surface area contributed by atoms with E-state index in [-0.39, 0.29) is 18.1 Å². The molecule has 188 valence electrons. The van der Waals surface area contributed by atoms with Crippen molar-refractivity contribution in [3.05, 3.63) is 64.6 Å². The standard InChI is InChI=1S/C25H27N5O6/c31-23(32)18-9-11-29(12-10-18)19-5-7-20(8-6-19)30-15-21(35-25(30)34)14-26-13-16-1-3-17(4-2-16)22-27-24(33)36-28-22/h1-8,18,21,26H,9-15H2,(H,31,32)(H,27,28,33)/t21-/m1/s1. The van der Waals surface area contributed by atoms with Crippen molar-refractivity contribution < 1.29 is 24.0 Å². The lowest BCUT2D eigenvalue weighted by molar-refractivity contribution is -0.142. The van der Waals surface area contributed by atoms with Gasteiger partial charge in [0, 0.05) is 43.1 Å². The maximum Gasteiger partial charge on any atom is 0.439 e. The first-order valence-electron chi connectivity index (χ1n) is 11.9. The summed E-state index contributed by atoms with van der Waals surface area (Å²) in [5.41, 5.74) is 3.58. The van der Waals surface area contributed by atoms with E-state index in [4.69, 9.17) is 4.74 Å². The predicted octanol–water partition coefficient (Wildman–Crippen LogP) is 2.45. The van der Waals surface area contributed by atoms with E-state index in [9.17, 15) is 19.5 Å². The van der Waals surface area contributed by atoms with Crippen LogP contribution in [0.5, 0.6) is 0 Å². The molecule has 11 nitrogen and oxygen atoms in total. The molecule has 3 heterocycles. The molecule has 1 aromatic heterocycles. The molecule has 0 bridgehead atoms. The van der Waals surface area contributed by atoms with Crippen LogP contribution in [0.2, 0.25) is 0 Å². The van der Waals surface area contributed by atoms with Crippen molar-refractivity contribution in [2.75, 3.05) is 36.0 Å². The topological polar surface area (TPSA) is 141 Å². The fourth-order valence-electron chi connectivity index (χ4n) is 4.58. The number of nitrogens with zero attached hydrogens (tertiary/aromatic N) is 3. The lowest BCUT2D eigenvalue weighted by atomic mass is 9.97. The van der Waals surface area contributed by atoms with E-state index in [2.05, 4.69) is 24.9 Å². The van der Waals surface area contributed by atoms with E-state index in [1.165, 1.54) is 0 Å². The molecule has 1 amide bonds. The number of ether oxygens (including phenoxy) is 1. The van der Waals surface area contributed by atoms with Crippen molar-refractivity contribution in [3.63, 3.8) is 0 Å². The fraction of sp³-hybridized carbons (Fsp3) is 0.360. The van der Waals surface area contributed by atoms with Crippen molar-refractivity contribution in [1.29, 1.82) is 0 Å². The summed E-state index contributed by atoms with van der Waals surface area (Å²) in [7, 11) is 0. The zero-order valence-corrected chi connectivity index (χ0v) is 19.6. The lowest BCUT2D eigenvalue weighted by Gasteiger charge is -2.32. The number of H-pyrrole nitrogens is 1. The smallest absolute Gasteiger partial charge is 0.439 e. The second-order valence-corrected chi connectivity index (χ2v) is 9.00. The van der Waals surface area contributed by atoms with Gasteiger partial charge in [-0.1, -0.05) is 29.4 Å². The largest absolute Gasteiger partial charge is 0.481 e. The van der Waals surface area contributed by atoms with Crippen molar-refractivity contribution in [1.82, 2.24) is 15.5 Å². The molecule has 0 aliphatic carbocycles. The molecule has 0 radical (unpaired) electrons. The summed E-state index contributed by atoms with van der Waals surface area (Å²) in [6, 6.07) is 15.3. The number of anilines is 2. The molecule has 0 saturated carbocycles. The Balaban J connectivity index is 1.10. The van der Waals surface area contributed by atoms with E-state index in [1.807, 2.05) is 48.5 Å². The number of piperidine rings is 1. The Morgan fingerprint density at radius 3 is 2.39 bits per heavy atom. The normalized spacial score (nSPS) is 18.4. The molecule has 2 aliphatic rings. The summed E-state index contributed by atoms with van der Waals surface area (Å²) < 4.78 is 10.1. The number of aromatic amines is 1. The first-order valence-corrected chi connectivity index (χ1v) is 11.9. The molecule has 2 aliphatic heterocycles. The third-order valence-electron chi connectivity index (χ3n) is 6.61. The van der Waals surface area contributed by atoms with Gasteiger partial charge < -0.3 is 20.1 Å². The maximum absolute atomic E-state index is 12.4. The number of aliphatic carboxylic acids is 1. The number of hydrogen-bond donors (Lipinski definition) is 3. The van der Waals surface area contributed by atoms with Gasteiger partial charge in [0.2, 0.25) is 0 Å². The van der Waals surface area contributed by atoms with Gasteiger partial charge in [-0.05, 0) is 42.7 Å². The highest BCUT2D eigenvalue weighted by molar-refractivity contribution is 5.90. The van der Waals surface area contributed by atoms with Crippen molar-refractivity contribution in [2.45, 2.75) is 25.5 Å². The minimum Gasteiger partial charge on any atom is -0.481 e. The molecule has 11 heteroatoms. The van der Waals surface area contributed by atoms with E-state index in [0.717, 1.165) is 22.5 Å². The second kappa shape index (κ2) is 10.2. The molecule has 0 spiro atoms. The van der Waals surface area contributed by atoms with Gasteiger partial charge in [-0.3, -0.25) is 19.2 Å². The number of rotatable bonds is 8. The highest BCUT2D eigenvalue weighted by Gasteiger charge is 2.32. The summed E-state index contributed by atoms with van der Waals surface area (Å²) in [4.78, 5) is 41.0. The summed E-state index contributed by atoms with van der Waals surface area (Å²) in [6.45, 7) is 2.97. The molecular weight excluding hydrogens is 466 g/mol. The number of amides is 1. The van der Waals surface area contributed by atoms with Crippen LogP contribution in [-0.4, -0.2) is 59.6 Å². The number of benzene rings is 2. The highest BCUT2D eigenvalue weighted by Crippen LogP contribution is 2.28. The fourth-order valence-corrected chi connectivity index (χ4v) is 4.58. The summed E-state index contributed by atoms with van der Waals surface area (Å²) >= 11 is 0. The Morgan fingerprint density at radius 2 is 1.75 bits per heavy atom. The number of carboxylic acids is 1. The number of cyclic esters (lactones) is 1. The number of carboxylic acid groups (broad SMARTS) is 1. The van der Waals surface area contributed by atoms with Gasteiger partial charge in [0.05, 0.1) is 12.5 Å². The third-order valence-corrected chi connectivity index (χ3v) is 6.61. The minimum absolute atomic E-state index is 0.268. The molecule has 2 saturated heterocycles. The summed E-state index contributed by atoms with van der Waals surface area (Å²) in [6.07, 6.45) is 0.627. The molecule has 3 N–H and O–H groups in total. The third kappa shape index (κ3) is 5.25. The van der Waals surface area contributed by atoms with Gasteiger partial charge in [-0.15, -0.1) is 0 Å². The Morgan fingerprint density at radius 1 is 1.06 bits per heavy atom. The number of carbonyl (C=O) groups is 2. The average Bonchev–Trinajstić information content (AvgIpc) is 3.50. The van der Waals surface area contributed by atoms with Crippen LogP contribution in [0, 0.1) is 5.92 Å². The van der Waals surface area contributed by atoms with Gasteiger partial charge >= 0.3 is 17.8 Å². The number of aromatic nitrogens is 2. The van der Waals surface area contributed by atoms with Crippen LogP contribution < -0.4 is 20.9 Å². The van der Waals surface area contributed by atoms with Gasteiger partial charge in [0.15, 0.2) is 5.82 Å². The average molecular weight is 494 g/mol. The predicted molar refractivity (Wildman–Crippen MR) is 131 cm³/mol. The monoisotopic (exact) mass is 493 g/mol. The van der Waals surface area contributed by atoms with E-state index in [0.29, 0.717) is 51.4 Å². The Labute approximate surface area is 206 Å². The molecule has 5 rings (SSSR count). The van der Waals surface area contributed by atoms with Crippen LogP contribution >= 0.6 is 0 Å².